The van der Waals surface area contributed by atoms with Crippen LogP contribution < -0.4 is 4.74 Å². The Morgan fingerprint density at radius 1 is 1.19 bits per heavy atom. The number of rotatable bonds is 7. The largest absolute Gasteiger partial charge is 0.497 e. The van der Waals surface area contributed by atoms with Crippen LogP contribution in [0.25, 0.3) is 0 Å². The second-order valence-corrected chi connectivity index (χ2v) is 6.83. The summed E-state index contributed by atoms with van der Waals surface area (Å²) >= 11 is 6.28. The Balaban J connectivity index is 2.13. The van der Waals surface area contributed by atoms with Crippen LogP contribution in [0.2, 0.25) is 5.15 Å². The third-order valence-electron chi connectivity index (χ3n) is 3.84. The van der Waals surface area contributed by atoms with Gasteiger partial charge >= 0.3 is 5.97 Å². The zero-order valence-corrected chi connectivity index (χ0v) is 16.3. The van der Waals surface area contributed by atoms with Gasteiger partial charge in [-0.15, -0.1) is 0 Å². The van der Waals surface area contributed by atoms with Crippen molar-refractivity contribution in [3.05, 3.63) is 46.2 Å². The fourth-order valence-electron chi connectivity index (χ4n) is 2.52. The van der Waals surface area contributed by atoms with Crippen molar-refractivity contribution in [3.8, 4) is 5.75 Å². The van der Waals surface area contributed by atoms with Gasteiger partial charge in [-0.2, -0.15) is 5.10 Å². The highest BCUT2D eigenvalue weighted by molar-refractivity contribution is 6.32. The van der Waals surface area contributed by atoms with E-state index in [4.69, 9.17) is 21.1 Å². The number of esters is 1. The lowest BCUT2D eigenvalue weighted by atomic mass is 10.1. The van der Waals surface area contributed by atoms with Gasteiger partial charge in [-0.3, -0.25) is 9.48 Å². The topological polar surface area (TPSA) is 70.4 Å². The highest BCUT2D eigenvalue weighted by atomic mass is 35.5. The molecule has 140 valence electrons. The lowest BCUT2D eigenvalue weighted by Crippen LogP contribution is -2.24. The summed E-state index contributed by atoms with van der Waals surface area (Å²) in [5.74, 6) is 0.0126. The molecule has 0 saturated carbocycles. The molecule has 2 rings (SSSR count). The van der Waals surface area contributed by atoms with Crippen LogP contribution in [0.5, 0.6) is 5.75 Å². The van der Waals surface area contributed by atoms with Crippen molar-refractivity contribution in [3.63, 3.8) is 0 Å². The molecule has 2 aromatic rings. The molecule has 0 aliphatic heterocycles. The second kappa shape index (κ2) is 8.36. The molecule has 0 saturated heterocycles. The molecule has 6 nitrogen and oxygen atoms in total. The summed E-state index contributed by atoms with van der Waals surface area (Å²) in [6.45, 7) is 7.87. The van der Waals surface area contributed by atoms with Crippen LogP contribution in [0.3, 0.4) is 0 Å². The number of aromatic nitrogens is 2. The van der Waals surface area contributed by atoms with Crippen LogP contribution in [0, 0.1) is 12.8 Å². The van der Waals surface area contributed by atoms with E-state index in [1.807, 2.05) is 13.8 Å². The van der Waals surface area contributed by atoms with Crippen LogP contribution in [0.1, 0.15) is 47.2 Å². The minimum absolute atomic E-state index is 0.196. The SMILES string of the molecule is COc1ccc(C(=O)[C@@H](C)OC(=O)c2c(C)nn(CC(C)C)c2Cl)cc1. The molecule has 0 N–H and O–H groups in total. The Kier molecular flexibility index (Phi) is 6.42. The smallest absolute Gasteiger partial charge is 0.343 e. The van der Waals surface area contributed by atoms with E-state index >= 15 is 0 Å². The van der Waals surface area contributed by atoms with E-state index in [2.05, 4.69) is 5.10 Å². The van der Waals surface area contributed by atoms with Crippen LogP contribution in [-0.2, 0) is 11.3 Å². The Morgan fingerprint density at radius 2 is 1.81 bits per heavy atom. The third-order valence-corrected chi connectivity index (χ3v) is 4.22. The van der Waals surface area contributed by atoms with Crippen molar-refractivity contribution >= 4 is 23.4 Å². The number of nitrogens with zero attached hydrogens (tertiary/aromatic N) is 2. The molecule has 1 atom stereocenters. The van der Waals surface area contributed by atoms with Gasteiger partial charge in [-0.1, -0.05) is 25.4 Å². The monoisotopic (exact) mass is 378 g/mol. The van der Waals surface area contributed by atoms with Gasteiger partial charge in [0.05, 0.1) is 12.8 Å². The van der Waals surface area contributed by atoms with Crippen LogP contribution in [0.15, 0.2) is 24.3 Å². The van der Waals surface area contributed by atoms with Crippen molar-refractivity contribution in [1.29, 1.82) is 0 Å². The summed E-state index contributed by atoms with van der Waals surface area (Å²) in [5.41, 5.74) is 1.11. The van der Waals surface area contributed by atoms with Crippen molar-refractivity contribution < 1.29 is 19.1 Å². The number of ether oxygens (including phenoxy) is 2. The molecule has 0 bridgehead atoms. The standard InChI is InChI=1S/C19H23ClN2O4/c1-11(2)10-22-18(20)16(12(3)21-22)19(24)26-13(4)17(23)14-6-8-15(25-5)9-7-14/h6-9,11,13H,10H2,1-5H3/t13-/m1/s1. The molecule has 0 aliphatic carbocycles. The second-order valence-electron chi connectivity index (χ2n) is 6.47. The first-order valence-corrected chi connectivity index (χ1v) is 8.74. The summed E-state index contributed by atoms with van der Waals surface area (Å²) in [7, 11) is 1.55. The molecule has 1 aromatic carbocycles. The minimum atomic E-state index is -0.945. The van der Waals surface area contributed by atoms with Crippen LogP contribution in [-0.4, -0.2) is 34.7 Å². The lowest BCUT2D eigenvalue weighted by molar-refractivity contribution is 0.0318. The summed E-state index contributed by atoms with van der Waals surface area (Å²) in [6, 6.07) is 6.62. The normalized spacial score (nSPS) is 12.1. The van der Waals surface area contributed by atoms with Crippen molar-refractivity contribution in [2.75, 3.05) is 7.11 Å². The number of ketones is 1. The maximum atomic E-state index is 12.5. The van der Waals surface area contributed by atoms with E-state index in [0.717, 1.165) is 0 Å². The molecule has 0 amide bonds. The maximum Gasteiger partial charge on any atom is 0.343 e. The van der Waals surface area contributed by atoms with E-state index in [1.54, 1.807) is 43.0 Å². The fraction of sp³-hybridized carbons (Fsp3) is 0.421. The molecule has 1 aromatic heterocycles. The van der Waals surface area contributed by atoms with Crippen LogP contribution in [0.4, 0.5) is 0 Å². The molecule has 1 heterocycles. The first kappa shape index (κ1) is 20.0. The summed E-state index contributed by atoms with van der Waals surface area (Å²) < 4.78 is 12.0. The number of benzene rings is 1. The van der Waals surface area contributed by atoms with Gasteiger partial charge in [-0.25, -0.2) is 4.79 Å². The number of hydrogen-bond donors (Lipinski definition) is 0. The van der Waals surface area contributed by atoms with Gasteiger partial charge in [0.1, 0.15) is 16.5 Å². The van der Waals surface area contributed by atoms with Crippen molar-refractivity contribution in [1.82, 2.24) is 9.78 Å². The summed E-state index contributed by atoms with van der Waals surface area (Å²) in [5, 5.41) is 4.51. The first-order valence-electron chi connectivity index (χ1n) is 8.36. The highest BCUT2D eigenvalue weighted by Crippen LogP contribution is 2.23. The number of aryl methyl sites for hydroxylation is 1. The number of carbonyl (C=O) groups is 2. The van der Waals surface area contributed by atoms with E-state index in [0.29, 0.717) is 29.5 Å². The zero-order chi connectivity index (χ0) is 19.4. The summed E-state index contributed by atoms with van der Waals surface area (Å²) in [6.07, 6.45) is -0.945. The average Bonchev–Trinajstić information content (AvgIpc) is 2.87. The van der Waals surface area contributed by atoms with Gasteiger partial charge in [0, 0.05) is 12.1 Å². The highest BCUT2D eigenvalue weighted by Gasteiger charge is 2.26. The Bertz CT molecular complexity index is 797. The molecule has 0 fully saturated rings. The summed E-state index contributed by atoms with van der Waals surface area (Å²) in [4.78, 5) is 25.0. The number of halogens is 1. The van der Waals surface area contributed by atoms with E-state index in [-0.39, 0.29) is 16.5 Å². The Morgan fingerprint density at radius 3 is 2.35 bits per heavy atom. The molecule has 0 spiro atoms. The van der Waals surface area contributed by atoms with Gasteiger partial charge in [0.15, 0.2) is 6.10 Å². The van der Waals surface area contributed by atoms with Gasteiger partial charge in [0.2, 0.25) is 5.78 Å². The molecular formula is C19H23ClN2O4. The molecule has 0 radical (unpaired) electrons. The fourth-order valence-corrected chi connectivity index (χ4v) is 2.84. The van der Waals surface area contributed by atoms with Gasteiger partial charge < -0.3 is 9.47 Å². The molecule has 7 heteroatoms. The quantitative estimate of drug-likeness (QED) is 0.539. The third kappa shape index (κ3) is 4.43. The molecule has 26 heavy (non-hydrogen) atoms. The predicted molar refractivity (Wildman–Crippen MR) is 99.0 cm³/mol. The number of hydrogen-bond acceptors (Lipinski definition) is 5. The number of Topliss-reactive ketones (excluding diaryl/α,β-unsaturated/α-hetero) is 1. The zero-order valence-electron chi connectivity index (χ0n) is 15.6. The first-order chi connectivity index (χ1) is 12.2. The van der Waals surface area contributed by atoms with E-state index in [1.165, 1.54) is 6.92 Å². The molecule has 0 unspecified atom stereocenters. The Labute approximate surface area is 158 Å². The van der Waals surface area contributed by atoms with Crippen molar-refractivity contribution in [2.24, 2.45) is 5.92 Å². The van der Waals surface area contributed by atoms with Gasteiger partial charge in [0.25, 0.3) is 0 Å². The van der Waals surface area contributed by atoms with Crippen LogP contribution >= 0.6 is 11.6 Å². The van der Waals surface area contributed by atoms with E-state index < -0.39 is 12.1 Å². The predicted octanol–water partition coefficient (Wildman–Crippen LogP) is 3.94. The number of methoxy groups -OCH3 is 1. The lowest BCUT2D eigenvalue weighted by Gasteiger charge is -2.13. The van der Waals surface area contributed by atoms with Gasteiger partial charge in [-0.05, 0) is 44.0 Å². The van der Waals surface area contributed by atoms with E-state index in [9.17, 15) is 9.59 Å². The Hall–Kier alpha value is -2.34. The molecule has 0 aliphatic rings. The van der Waals surface area contributed by atoms with Crippen molar-refractivity contribution in [2.45, 2.75) is 40.3 Å². The minimum Gasteiger partial charge on any atom is -0.497 e. The maximum absolute atomic E-state index is 12.5. The number of carbonyl (C=O) groups excluding carboxylic acids is 2. The average molecular weight is 379 g/mol. The molecular weight excluding hydrogens is 356 g/mol.